The number of benzene rings is 1. The number of pyridine rings is 1. The van der Waals surface area contributed by atoms with Crippen molar-refractivity contribution in [3.05, 3.63) is 36.5 Å². The van der Waals surface area contributed by atoms with Crippen molar-refractivity contribution < 1.29 is 14.3 Å². The van der Waals surface area contributed by atoms with E-state index >= 15 is 0 Å². The maximum Gasteiger partial charge on any atom is 0.231 e. The van der Waals surface area contributed by atoms with E-state index in [2.05, 4.69) is 20.2 Å². The summed E-state index contributed by atoms with van der Waals surface area (Å²) < 4.78 is 10.7. The number of anilines is 2. The summed E-state index contributed by atoms with van der Waals surface area (Å²) in [6.07, 6.45) is 3.61. The number of carbonyl (C=O) groups is 1. The van der Waals surface area contributed by atoms with Crippen LogP contribution in [0.25, 0.3) is 10.3 Å². The summed E-state index contributed by atoms with van der Waals surface area (Å²) in [7, 11) is 0. The summed E-state index contributed by atoms with van der Waals surface area (Å²) in [4.78, 5) is 24.9. The number of carbonyl (C=O) groups excluding carboxylic acids is 1. The van der Waals surface area contributed by atoms with Crippen molar-refractivity contribution in [2.24, 2.45) is 5.92 Å². The molecule has 5 rings (SSSR count). The molecule has 1 N–H and O–H groups in total. The van der Waals surface area contributed by atoms with Crippen LogP contribution in [0.5, 0.6) is 11.5 Å². The first-order chi connectivity index (χ1) is 13.3. The van der Waals surface area contributed by atoms with Crippen LogP contribution >= 0.6 is 11.3 Å². The molecule has 0 spiro atoms. The van der Waals surface area contributed by atoms with E-state index in [9.17, 15) is 4.79 Å². The van der Waals surface area contributed by atoms with Crippen LogP contribution in [0.1, 0.15) is 12.8 Å². The minimum absolute atomic E-state index is 0.0257. The van der Waals surface area contributed by atoms with E-state index in [0.29, 0.717) is 18.0 Å². The van der Waals surface area contributed by atoms with Crippen molar-refractivity contribution in [1.82, 2.24) is 9.97 Å². The number of thiazole rings is 1. The average molecular weight is 382 g/mol. The minimum atomic E-state index is -0.0795. The van der Waals surface area contributed by atoms with E-state index in [1.807, 2.05) is 24.3 Å². The van der Waals surface area contributed by atoms with Crippen molar-refractivity contribution in [2.75, 3.05) is 30.1 Å². The highest BCUT2D eigenvalue weighted by Crippen LogP contribution is 2.35. The van der Waals surface area contributed by atoms with Gasteiger partial charge < -0.3 is 19.7 Å². The number of piperidine rings is 1. The smallest absolute Gasteiger partial charge is 0.231 e. The topological polar surface area (TPSA) is 76.6 Å². The Balaban J connectivity index is 1.29. The molecule has 1 aromatic carbocycles. The lowest BCUT2D eigenvalue weighted by molar-refractivity contribution is -0.120. The molecule has 8 heteroatoms. The number of rotatable bonds is 3. The van der Waals surface area contributed by atoms with Crippen LogP contribution in [0.2, 0.25) is 0 Å². The van der Waals surface area contributed by atoms with Crippen LogP contribution < -0.4 is 19.7 Å². The predicted molar refractivity (Wildman–Crippen MR) is 104 cm³/mol. The summed E-state index contributed by atoms with van der Waals surface area (Å²) in [6.45, 7) is 1.80. The van der Waals surface area contributed by atoms with Crippen molar-refractivity contribution >= 4 is 38.4 Å². The minimum Gasteiger partial charge on any atom is -0.454 e. The molecule has 1 atom stereocenters. The Morgan fingerprint density at radius 2 is 2.19 bits per heavy atom. The summed E-state index contributed by atoms with van der Waals surface area (Å²) >= 11 is 1.58. The number of aromatic nitrogens is 2. The largest absolute Gasteiger partial charge is 0.454 e. The molecule has 0 unspecified atom stereocenters. The van der Waals surface area contributed by atoms with Gasteiger partial charge in [0, 0.05) is 31.0 Å². The summed E-state index contributed by atoms with van der Waals surface area (Å²) in [6, 6.07) is 9.32. The van der Waals surface area contributed by atoms with Crippen LogP contribution in [0.4, 0.5) is 10.8 Å². The highest BCUT2D eigenvalue weighted by atomic mass is 32.1. The highest BCUT2D eigenvalue weighted by Gasteiger charge is 2.28. The number of nitrogens with one attached hydrogen (secondary N) is 1. The zero-order valence-electron chi connectivity index (χ0n) is 14.6. The zero-order valence-corrected chi connectivity index (χ0v) is 15.4. The third kappa shape index (κ3) is 3.16. The van der Waals surface area contributed by atoms with E-state index < -0.39 is 0 Å². The van der Waals surface area contributed by atoms with E-state index in [-0.39, 0.29) is 18.6 Å². The van der Waals surface area contributed by atoms with Gasteiger partial charge in [-0.3, -0.25) is 4.79 Å². The predicted octanol–water partition coefficient (Wildman–Crippen LogP) is 3.28. The molecular weight excluding hydrogens is 364 g/mol. The molecular formula is C19H18N4O3S. The number of nitrogens with zero attached hydrogens (tertiary/aromatic N) is 3. The first-order valence-electron chi connectivity index (χ1n) is 8.93. The number of hydrogen-bond donors (Lipinski definition) is 1. The van der Waals surface area contributed by atoms with Crippen molar-refractivity contribution in [3.63, 3.8) is 0 Å². The molecule has 2 aliphatic rings. The van der Waals surface area contributed by atoms with Crippen LogP contribution in [0.15, 0.2) is 36.5 Å². The third-order valence-corrected chi connectivity index (χ3v) is 5.90. The molecule has 7 nitrogen and oxygen atoms in total. The lowest BCUT2D eigenvalue weighted by Crippen LogP contribution is -2.40. The van der Waals surface area contributed by atoms with Gasteiger partial charge in [0.15, 0.2) is 16.6 Å². The molecule has 0 saturated carbocycles. The maximum absolute atomic E-state index is 12.8. The Labute approximate surface area is 159 Å². The molecule has 2 aliphatic heterocycles. The SMILES string of the molecule is O=C(Nc1ccc2c(c1)OCO2)[C@H]1CCCN(c2nc3cccnc3s2)C1. The number of amides is 1. The second-order valence-corrected chi connectivity index (χ2v) is 7.62. The Hall–Kier alpha value is -2.87. The molecule has 2 aromatic heterocycles. The molecule has 1 fully saturated rings. The quantitative estimate of drug-likeness (QED) is 0.749. The average Bonchev–Trinajstić information content (AvgIpc) is 3.34. The fourth-order valence-corrected chi connectivity index (χ4v) is 4.42. The van der Waals surface area contributed by atoms with Crippen molar-refractivity contribution in [1.29, 1.82) is 0 Å². The number of fused-ring (bicyclic) bond motifs is 2. The van der Waals surface area contributed by atoms with Crippen molar-refractivity contribution in [3.8, 4) is 11.5 Å². The summed E-state index contributed by atoms with van der Waals surface area (Å²) in [5.74, 6) is 1.32. The summed E-state index contributed by atoms with van der Waals surface area (Å²) in [5.41, 5.74) is 1.63. The molecule has 3 aromatic rings. The standard InChI is InChI=1S/C19H18N4O3S/c24-17(21-13-5-6-15-16(9-13)26-11-25-15)12-3-2-8-23(10-12)19-22-14-4-1-7-20-18(14)27-19/h1,4-7,9,12H,2-3,8,10-11H2,(H,21,24)/t12-/m0/s1. The molecule has 0 radical (unpaired) electrons. The first kappa shape index (κ1) is 16.3. The van der Waals surface area contributed by atoms with Gasteiger partial charge >= 0.3 is 0 Å². The Morgan fingerprint density at radius 3 is 3.11 bits per heavy atom. The molecule has 1 amide bonds. The molecule has 0 aliphatic carbocycles. The second-order valence-electron chi connectivity index (χ2n) is 6.67. The normalized spacial score (nSPS) is 18.7. The first-order valence-corrected chi connectivity index (χ1v) is 9.75. The Kier molecular flexibility index (Phi) is 4.05. The van der Waals surface area contributed by atoms with Gasteiger partial charge in [0.1, 0.15) is 10.3 Å². The Morgan fingerprint density at radius 1 is 1.26 bits per heavy atom. The molecule has 1 saturated heterocycles. The molecule has 27 heavy (non-hydrogen) atoms. The van der Waals surface area contributed by atoms with E-state index in [0.717, 1.165) is 40.6 Å². The maximum atomic E-state index is 12.8. The summed E-state index contributed by atoms with van der Waals surface area (Å²) in [5, 5.41) is 3.94. The van der Waals surface area contributed by atoms with Crippen LogP contribution in [0, 0.1) is 5.92 Å². The molecule has 138 valence electrons. The van der Waals surface area contributed by atoms with Crippen LogP contribution in [-0.2, 0) is 4.79 Å². The third-order valence-electron chi connectivity index (χ3n) is 4.86. The lowest BCUT2D eigenvalue weighted by atomic mass is 9.97. The van der Waals surface area contributed by atoms with E-state index in [4.69, 9.17) is 9.47 Å². The fraction of sp³-hybridized carbons (Fsp3) is 0.316. The zero-order chi connectivity index (χ0) is 18.2. The van der Waals surface area contributed by atoms with Gasteiger partial charge in [-0.05, 0) is 37.1 Å². The van der Waals surface area contributed by atoms with Crippen molar-refractivity contribution in [2.45, 2.75) is 12.8 Å². The van der Waals surface area contributed by atoms with Gasteiger partial charge in [0.2, 0.25) is 12.7 Å². The van der Waals surface area contributed by atoms with Crippen LogP contribution in [0.3, 0.4) is 0 Å². The highest BCUT2D eigenvalue weighted by molar-refractivity contribution is 7.21. The van der Waals surface area contributed by atoms with E-state index in [1.165, 1.54) is 0 Å². The van der Waals surface area contributed by atoms with Gasteiger partial charge in [-0.15, -0.1) is 0 Å². The second kappa shape index (κ2) is 6.70. The molecule has 4 heterocycles. The monoisotopic (exact) mass is 382 g/mol. The molecule has 0 bridgehead atoms. The van der Waals surface area contributed by atoms with Gasteiger partial charge in [0.05, 0.1) is 5.92 Å². The lowest BCUT2D eigenvalue weighted by Gasteiger charge is -2.31. The number of hydrogen-bond acceptors (Lipinski definition) is 7. The van der Waals surface area contributed by atoms with Gasteiger partial charge in [-0.25, -0.2) is 9.97 Å². The Bertz CT molecular complexity index is 973. The number of ether oxygens (including phenoxy) is 2. The van der Waals surface area contributed by atoms with Gasteiger partial charge in [-0.2, -0.15) is 0 Å². The van der Waals surface area contributed by atoms with Crippen LogP contribution in [-0.4, -0.2) is 35.8 Å². The van der Waals surface area contributed by atoms with E-state index in [1.54, 1.807) is 23.6 Å². The fourth-order valence-electron chi connectivity index (χ4n) is 3.48. The van der Waals surface area contributed by atoms with Gasteiger partial charge in [0.25, 0.3) is 0 Å². The van der Waals surface area contributed by atoms with Gasteiger partial charge in [-0.1, -0.05) is 11.3 Å².